The molecule has 8 heteroatoms. The van der Waals surface area contributed by atoms with E-state index in [9.17, 15) is 14.0 Å². The van der Waals surface area contributed by atoms with Gasteiger partial charge in [0.1, 0.15) is 5.65 Å². The molecule has 0 saturated heterocycles. The van der Waals surface area contributed by atoms with Gasteiger partial charge in [0, 0.05) is 12.4 Å². The summed E-state index contributed by atoms with van der Waals surface area (Å²) < 4.78 is 20.6. The summed E-state index contributed by atoms with van der Waals surface area (Å²) in [6.45, 7) is 0.0822. The number of halogens is 1. The summed E-state index contributed by atoms with van der Waals surface area (Å²) >= 11 is 0. The zero-order valence-electron chi connectivity index (χ0n) is 11.6. The Bertz CT molecular complexity index is 916. The highest BCUT2D eigenvalue weighted by atomic mass is 19.1. The number of nitrogens with zero attached hydrogens (tertiary/aromatic N) is 4. The Hall–Kier alpha value is -3.03. The topological polar surface area (TPSA) is 78.5 Å². The van der Waals surface area contributed by atoms with Crippen LogP contribution in [0, 0.1) is 5.82 Å². The van der Waals surface area contributed by atoms with E-state index in [-0.39, 0.29) is 6.54 Å². The molecule has 0 amide bonds. The molecule has 0 radical (unpaired) electrons. The highest BCUT2D eigenvalue weighted by Gasteiger charge is 2.10. The highest BCUT2D eigenvalue weighted by Crippen LogP contribution is 2.09. The van der Waals surface area contributed by atoms with E-state index in [1.165, 1.54) is 13.4 Å². The van der Waals surface area contributed by atoms with Gasteiger partial charge in [0.25, 0.3) is 5.56 Å². The number of rotatable bonds is 3. The van der Waals surface area contributed by atoms with Crippen LogP contribution in [0.1, 0.15) is 16.1 Å². The molecule has 22 heavy (non-hydrogen) atoms. The lowest BCUT2D eigenvalue weighted by molar-refractivity contribution is 0.0600. The number of carbonyl (C=O) groups is 1. The maximum Gasteiger partial charge on any atom is 0.339 e. The first kappa shape index (κ1) is 13.9. The second-order valence-corrected chi connectivity index (χ2v) is 4.58. The normalized spacial score (nSPS) is 10.8. The molecule has 3 aromatic heterocycles. The largest absolute Gasteiger partial charge is 0.465 e. The van der Waals surface area contributed by atoms with E-state index in [0.29, 0.717) is 16.9 Å². The molecule has 0 aromatic carbocycles. The van der Waals surface area contributed by atoms with Gasteiger partial charge in [0.05, 0.1) is 37.4 Å². The van der Waals surface area contributed by atoms with Crippen LogP contribution in [-0.4, -0.2) is 32.0 Å². The first-order chi connectivity index (χ1) is 10.6. The number of imidazole rings is 1. The molecule has 0 aliphatic heterocycles. The van der Waals surface area contributed by atoms with E-state index in [1.807, 2.05) is 0 Å². The van der Waals surface area contributed by atoms with Crippen molar-refractivity contribution in [2.75, 3.05) is 7.11 Å². The van der Waals surface area contributed by atoms with Gasteiger partial charge in [-0.15, -0.1) is 0 Å². The third-order valence-electron chi connectivity index (χ3n) is 3.11. The minimum Gasteiger partial charge on any atom is -0.465 e. The second-order valence-electron chi connectivity index (χ2n) is 4.58. The fourth-order valence-corrected chi connectivity index (χ4v) is 2.07. The molecule has 0 saturated carbocycles. The average molecular weight is 302 g/mol. The summed E-state index contributed by atoms with van der Waals surface area (Å²) in [4.78, 5) is 31.1. The summed E-state index contributed by atoms with van der Waals surface area (Å²) in [5, 5.41) is 0. The van der Waals surface area contributed by atoms with Gasteiger partial charge in [0.15, 0.2) is 0 Å². The third kappa shape index (κ3) is 2.46. The van der Waals surface area contributed by atoms with Gasteiger partial charge in [-0.3, -0.25) is 9.36 Å². The van der Waals surface area contributed by atoms with Crippen molar-refractivity contribution in [3.8, 4) is 0 Å². The van der Waals surface area contributed by atoms with E-state index in [4.69, 9.17) is 0 Å². The van der Waals surface area contributed by atoms with Crippen LogP contribution in [-0.2, 0) is 11.3 Å². The van der Waals surface area contributed by atoms with Crippen LogP contribution in [0.15, 0.2) is 41.8 Å². The predicted molar refractivity (Wildman–Crippen MR) is 74.1 cm³/mol. The number of hydrogen-bond acceptors (Lipinski definition) is 5. The molecule has 0 bridgehead atoms. The van der Waals surface area contributed by atoms with Gasteiger partial charge in [0.2, 0.25) is 5.82 Å². The Labute approximate surface area is 123 Å². The second kappa shape index (κ2) is 5.40. The molecule has 0 unspecified atom stereocenters. The molecule has 0 N–H and O–H groups in total. The fourth-order valence-electron chi connectivity index (χ4n) is 2.07. The Balaban J connectivity index is 1.97. The van der Waals surface area contributed by atoms with Gasteiger partial charge in [-0.1, -0.05) is 0 Å². The van der Waals surface area contributed by atoms with Gasteiger partial charge < -0.3 is 9.14 Å². The van der Waals surface area contributed by atoms with Crippen molar-refractivity contribution < 1.29 is 13.9 Å². The molecule has 0 atom stereocenters. The van der Waals surface area contributed by atoms with Gasteiger partial charge in [-0.05, 0) is 12.1 Å². The lowest BCUT2D eigenvalue weighted by atomic mass is 10.3. The molecule has 112 valence electrons. The van der Waals surface area contributed by atoms with Crippen molar-refractivity contribution in [3.05, 3.63) is 64.5 Å². The van der Waals surface area contributed by atoms with Crippen LogP contribution >= 0.6 is 0 Å². The zero-order chi connectivity index (χ0) is 15.7. The molecule has 3 rings (SSSR count). The molecule has 0 aliphatic rings. The number of aromatic nitrogens is 4. The molecule has 3 heterocycles. The first-order valence-corrected chi connectivity index (χ1v) is 6.34. The number of fused-ring (bicyclic) bond motifs is 1. The minimum absolute atomic E-state index is 0.0822. The molecule has 7 nitrogen and oxygen atoms in total. The van der Waals surface area contributed by atoms with Gasteiger partial charge in [-0.25, -0.2) is 14.8 Å². The Morgan fingerprint density at radius 2 is 2.18 bits per heavy atom. The van der Waals surface area contributed by atoms with Gasteiger partial charge >= 0.3 is 5.97 Å². The quantitative estimate of drug-likeness (QED) is 0.671. The van der Waals surface area contributed by atoms with E-state index in [1.54, 1.807) is 28.9 Å². The standard InChI is InChI=1S/C14H11FN4O3/c1-22-14(21)9-2-3-12-17-10(6-18(12)5-9)7-19-8-16-4-11(15)13(19)20/h2-6,8H,7H2,1H3. The van der Waals surface area contributed by atoms with Crippen LogP contribution in [0.5, 0.6) is 0 Å². The number of methoxy groups -OCH3 is 1. The average Bonchev–Trinajstić information content (AvgIpc) is 2.92. The zero-order valence-corrected chi connectivity index (χ0v) is 11.6. The molecule has 0 spiro atoms. The minimum atomic E-state index is -0.917. The summed E-state index contributed by atoms with van der Waals surface area (Å²) in [7, 11) is 1.30. The van der Waals surface area contributed by atoms with Crippen molar-refractivity contribution in [2.24, 2.45) is 0 Å². The summed E-state index contributed by atoms with van der Waals surface area (Å²) in [6, 6.07) is 3.25. The fraction of sp³-hybridized carbons (Fsp3) is 0.143. The van der Waals surface area contributed by atoms with Crippen molar-refractivity contribution >= 4 is 11.6 Å². The smallest absolute Gasteiger partial charge is 0.339 e. The van der Waals surface area contributed by atoms with E-state index in [2.05, 4.69) is 14.7 Å². The number of pyridine rings is 1. The SMILES string of the molecule is COC(=O)c1ccc2nc(Cn3cncc(F)c3=O)cn2c1. The van der Waals surface area contributed by atoms with Crippen molar-refractivity contribution in [3.63, 3.8) is 0 Å². The van der Waals surface area contributed by atoms with Crippen LogP contribution in [0.2, 0.25) is 0 Å². The van der Waals surface area contributed by atoms with E-state index in [0.717, 1.165) is 10.8 Å². The van der Waals surface area contributed by atoms with Crippen LogP contribution in [0.25, 0.3) is 5.65 Å². The van der Waals surface area contributed by atoms with Crippen LogP contribution < -0.4 is 5.56 Å². The molecule has 3 aromatic rings. The monoisotopic (exact) mass is 302 g/mol. The van der Waals surface area contributed by atoms with Gasteiger partial charge in [-0.2, -0.15) is 4.39 Å². The van der Waals surface area contributed by atoms with Crippen molar-refractivity contribution in [2.45, 2.75) is 6.54 Å². The summed E-state index contributed by atoms with van der Waals surface area (Å²) in [5.41, 5.74) is 0.752. The highest BCUT2D eigenvalue weighted by molar-refractivity contribution is 5.89. The maximum absolute atomic E-state index is 13.2. The molecule has 0 aliphatic carbocycles. The van der Waals surface area contributed by atoms with E-state index >= 15 is 0 Å². The van der Waals surface area contributed by atoms with Crippen molar-refractivity contribution in [1.29, 1.82) is 0 Å². The Morgan fingerprint density at radius 1 is 1.36 bits per heavy atom. The first-order valence-electron chi connectivity index (χ1n) is 6.34. The predicted octanol–water partition coefficient (Wildman–Crippen LogP) is 0.865. The summed E-state index contributed by atoms with van der Waals surface area (Å²) in [6.07, 6.45) is 5.34. The number of ether oxygens (including phenoxy) is 1. The summed E-state index contributed by atoms with van der Waals surface area (Å²) in [5.74, 6) is -1.37. The molecular weight excluding hydrogens is 291 g/mol. The molecule has 0 fully saturated rings. The maximum atomic E-state index is 13.2. The molecular formula is C14H11FN4O3. The van der Waals surface area contributed by atoms with Crippen LogP contribution in [0.3, 0.4) is 0 Å². The van der Waals surface area contributed by atoms with Crippen LogP contribution in [0.4, 0.5) is 4.39 Å². The number of esters is 1. The number of hydrogen-bond donors (Lipinski definition) is 0. The Kier molecular flexibility index (Phi) is 3.42. The van der Waals surface area contributed by atoms with E-state index < -0.39 is 17.3 Å². The third-order valence-corrected chi connectivity index (χ3v) is 3.11. The van der Waals surface area contributed by atoms with Crippen molar-refractivity contribution in [1.82, 2.24) is 18.9 Å². The Morgan fingerprint density at radius 3 is 2.95 bits per heavy atom. The lowest BCUT2D eigenvalue weighted by Gasteiger charge is -2.01. The lowest BCUT2D eigenvalue weighted by Crippen LogP contribution is -2.23. The number of carbonyl (C=O) groups excluding carboxylic acids is 1.